The fourth-order valence-electron chi connectivity index (χ4n) is 3.84. The van der Waals surface area contributed by atoms with Gasteiger partial charge in [-0.3, -0.25) is 14.7 Å². The number of guanidine groups is 1. The summed E-state index contributed by atoms with van der Waals surface area (Å²) in [5.74, 6) is 0.917. The van der Waals surface area contributed by atoms with Gasteiger partial charge in [-0.2, -0.15) is 0 Å². The summed E-state index contributed by atoms with van der Waals surface area (Å²) >= 11 is 0. The second-order valence-corrected chi connectivity index (χ2v) is 7.04. The van der Waals surface area contributed by atoms with Crippen molar-refractivity contribution in [3.8, 4) is 0 Å². The van der Waals surface area contributed by atoms with E-state index in [1.165, 1.54) is 6.42 Å². The van der Waals surface area contributed by atoms with Crippen molar-refractivity contribution in [2.45, 2.75) is 18.9 Å². The number of morpholine rings is 1. The highest BCUT2D eigenvalue weighted by molar-refractivity contribution is 14.0. The van der Waals surface area contributed by atoms with Crippen molar-refractivity contribution in [1.82, 2.24) is 20.4 Å². The molecule has 2 aliphatic rings. The smallest absolute Gasteiger partial charge is 0.251 e. The van der Waals surface area contributed by atoms with E-state index in [1.807, 2.05) is 25.2 Å². The highest BCUT2D eigenvalue weighted by Gasteiger charge is 2.30. The number of carbonyl (C=O) groups is 1. The van der Waals surface area contributed by atoms with Crippen LogP contribution in [-0.2, 0) is 11.2 Å². The molecule has 8 heteroatoms. The molecule has 0 aliphatic carbocycles. The molecular formula is C20H32IN5O2. The van der Waals surface area contributed by atoms with Gasteiger partial charge in [0.05, 0.1) is 13.2 Å². The third kappa shape index (κ3) is 6.05. The number of rotatable bonds is 5. The average molecular weight is 501 g/mol. The molecule has 0 bridgehead atoms. The predicted molar refractivity (Wildman–Crippen MR) is 123 cm³/mol. The fourth-order valence-corrected chi connectivity index (χ4v) is 3.84. The van der Waals surface area contributed by atoms with Crippen LogP contribution in [-0.4, -0.2) is 87.7 Å². The van der Waals surface area contributed by atoms with E-state index in [0.29, 0.717) is 11.6 Å². The summed E-state index contributed by atoms with van der Waals surface area (Å²) in [4.78, 5) is 21.1. The van der Waals surface area contributed by atoms with Gasteiger partial charge in [-0.05, 0) is 30.5 Å². The summed E-state index contributed by atoms with van der Waals surface area (Å²) in [6, 6.07) is 8.37. The summed E-state index contributed by atoms with van der Waals surface area (Å²) < 4.78 is 5.46. The Morgan fingerprint density at radius 3 is 2.79 bits per heavy atom. The number of likely N-dealkylation sites (tertiary alicyclic amines) is 1. The topological polar surface area (TPSA) is 69.2 Å². The van der Waals surface area contributed by atoms with E-state index in [-0.39, 0.29) is 29.9 Å². The van der Waals surface area contributed by atoms with Crippen molar-refractivity contribution in [1.29, 1.82) is 0 Å². The number of benzene rings is 1. The number of hydrogen-bond donors (Lipinski definition) is 2. The van der Waals surface area contributed by atoms with Gasteiger partial charge < -0.3 is 20.3 Å². The van der Waals surface area contributed by atoms with E-state index in [4.69, 9.17) is 4.74 Å². The van der Waals surface area contributed by atoms with Gasteiger partial charge in [0.1, 0.15) is 0 Å². The van der Waals surface area contributed by atoms with Crippen LogP contribution < -0.4 is 10.6 Å². The van der Waals surface area contributed by atoms with Gasteiger partial charge in [-0.1, -0.05) is 12.1 Å². The van der Waals surface area contributed by atoms with E-state index in [1.54, 1.807) is 7.05 Å². The van der Waals surface area contributed by atoms with Crippen molar-refractivity contribution in [2.75, 3.05) is 60.0 Å². The fraction of sp³-hybridized carbons (Fsp3) is 0.600. The third-order valence-electron chi connectivity index (χ3n) is 5.35. The molecule has 2 heterocycles. The first-order valence-corrected chi connectivity index (χ1v) is 9.79. The van der Waals surface area contributed by atoms with Crippen molar-refractivity contribution in [2.24, 2.45) is 4.99 Å². The van der Waals surface area contributed by atoms with E-state index in [9.17, 15) is 4.79 Å². The van der Waals surface area contributed by atoms with Gasteiger partial charge in [0.15, 0.2) is 5.96 Å². The van der Waals surface area contributed by atoms with E-state index in [0.717, 1.165) is 63.9 Å². The Morgan fingerprint density at radius 2 is 2.07 bits per heavy atom. The Hall–Kier alpha value is -1.39. The summed E-state index contributed by atoms with van der Waals surface area (Å²) in [7, 11) is 3.50. The molecule has 28 heavy (non-hydrogen) atoms. The molecule has 1 amide bonds. The van der Waals surface area contributed by atoms with Crippen LogP contribution in [0, 0.1) is 0 Å². The van der Waals surface area contributed by atoms with Gasteiger partial charge in [0, 0.05) is 58.4 Å². The van der Waals surface area contributed by atoms with Gasteiger partial charge in [-0.15, -0.1) is 24.0 Å². The van der Waals surface area contributed by atoms with Crippen LogP contribution in [0.15, 0.2) is 29.3 Å². The van der Waals surface area contributed by atoms with Crippen molar-refractivity contribution < 1.29 is 9.53 Å². The summed E-state index contributed by atoms with van der Waals surface area (Å²) in [6.07, 6.45) is 2.03. The predicted octanol–water partition coefficient (Wildman–Crippen LogP) is 1.19. The molecule has 1 aromatic rings. The van der Waals surface area contributed by atoms with Crippen LogP contribution >= 0.6 is 24.0 Å². The normalized spacial score (nSPS) is 20.6. The molecule has 1 atom stereocenters. The highest BCUT2D eigenvalue weighted by Crippen LogP contribution is 2.17. The maximum Gasteiger partial charge on any atom is 0.251 e. The highest BCUT2D eigenvalue weighted by atomic mass is 127. The summed E-state index contributed by atoms with van der Waals surface area (Å²) in [6.45, 7) is 6.61. The molecule has 0 aromatic heterocycles. The zero-order chi connectivity index (χ0) is 19.1. The van der Waals surface area contributed by atoms with Gasteiger partial charge in [0.2, 0.25) is 0 Å². The minimum absolute atomic E-state index is 0. The molecule has 2 fully saturated rings. The Morgan fingerprint density at radius 1 is 1.29 bits per heavy atom. The summed E-state index contributed by atoms with van der Waals surface area (Å²) in [5, 5.41) is 6.15. The van der Waals surface area contributed by atoms with Gasteiger partial charge in [0.25, 0.3) is 5.91 Å². The first-order chi connectivity index (χ1) is 13.2. The number of nitrogens with zero attached hydrogens (tertiary/aromatic N) is 3. The van der Waals surface area contributed by atoms with Crippen LogP contribution in [0.2, 0.25) is 0 Å². The first-order valence-electron chi connectivity index (χ1n) is 9.79. The molecule has 0 radical (unpaired) electrons. The number of nitrogens with one attached hydrogen (secondary N) is 2. The SMILES string of the molecule is CN=C(NCCc1cccc(C(=O)NC)c1)N1CCC(N2CCOCC2)C1.I. The average Bonchev–Trinajstić information content (AvgIpc) is 3.21. The molecule has 0 spiro atoms. The molecule has 7 nitrogen and oxygen atoms in total. The molecule has 2 N–H and O–H groups in total. The third-order valence-corrected chi connectivity index (χ3v) is 5.35. The lowest BCUT2D eigenvalue weighted by molar-refractivity contribution is 0.0195. The van der Waals surface area contributed by atoms with Crippen LogP contribution in [0.1, 0.15) is 22.3 Å². The number of ether oxygens (including phenoxy) is 1. The monoisotopic (exact) mass is 501 g/mol. The minimum atomic E-state index is -0.0492. The number of aliphatic imine (C=N–C) groups is 1. The van der Waals surface area contributed by atoms with Crippen LogP contribution in [0.4, 0.5) is 0 Å². The van der Waals surface area contributed by atoms with Crippen molar-refractivity contribution >= 4 is 35.8 Å². The zero-order valence-corrected chi connectivity index (χ0v) is 19.1. The lowest BCUT2D eigenvalue weighted by atomic mass is 10.1. The maximum atomic E-state index is 11.8. The second kappa shape index (κ2) is 11.6. The van der Waals surface area contributed by atoms with Crippen molar-refractivity contribution in [3.05, 3.63) is 35.4 Å². The zero-order valence-electron chi connectivity index (χ0n) is 16.8. The van der Waals surface area contributed by atoms with Gasteiger partial charge in [-0.25, -0.2) is 0 Å². The Balaban J connectivity index is 0.00000280. The van der Waals surface area contributed by atoms with E-state index >= 15 is 0 Å². The molecule has 1 unspecified atom stereocenters. The summed E-state index contributed by atoms with van der Waals surface area (Å²) in [5.41, 5.74) is 1.85. The second-order valence-electron chi connectivity index (χ2n) is 7.04. The van der Waals surface area contributed by atoms with E-state index in [2.05, 4.69) is 31.5 Å². The molecular weight excluding hydrogens is 469 g/mol. The lowest BCUT2D eigenvalue weighted by Gasteiger charge is -2.32. The molecule has 2 saturated heterocycles. The van der Waals surface area contributed by atoms with Crippen molar-refractivity contribution in [3.63, 3.8) is 0 Å². The van der Waals surface area contributed by atoms with E-state index < -0.39 is 0 Å². The molecule has 156 valence electrons. The molecule has 0 saturated carbocycles. The Labute approximate surface area is 184 Å². The first kappa shape index (κ1) is 22.9. The van der Waals surface area contributed by atoms with Crippen LogP contribution in [0.5, 0.6) is 0 Å². The maximum absolute atomic E-state index is 11.8. The number of carbonyl (C=O) groups excluding carboxylic acids is 1. The minimum Gasteiger partial charge on any atom is -0.379 e. The van der Waals surface area contributed by atoms with Crippen LogP contribution in [0.25, 0.3) is 0 Å². The van der Waals surface area contributed by atoms with Gasteiger partial charge >= 0.3 is 0 Å². The number of halogens is 1. The number of amides is 1. The standard InChI is InChI=1S/C20H31N5O2.HI/c1-21-19(26)17-5-3-4-16(14-17)6-8-23-20(22-2)25-9-7-18(15-25)24-10-12-27-13-11-24;/h3-5,14,18H,6-13,15H2,1-2H3,(H,21,26)(H,22,23);1H. The molecule has 1 aromatic carbocycles. The lowest BCUT2D eigenvalue weighted by Crippen LogP contribution is -2.46. The Kier molecular flexibility index (Phi) is 9.46. The molecule has 3 rings (SSSR count). The quantitative estimate of drug-likeness (QED) is 0.361. The Bertz CT molecular complexity index is 664. The largest absolute Gasteiger partial charge is 0.379 e. The number of hydrogen-bond acceptors (Lipinski definition) is 4. The van der Waals surface area contributed by atoms with Crippen LogP contribution in [0.3, 0.4) is 0 Å². The molecule has 2 aliphatic heterocycles.